The van der Waals surface area contributed by atoms with Gasteiger partial charge in [0.2, 0.25) is 5.91 Å². The molecule has 4 aromatic carbocycles. The van der Waals surface area contributed by atoms with Gasteiger partial charge in [0.25, 0.3) is 11.8 Å². The predicted molar refractivity (Wildman–Crippen MR) is 180 cm³/mol. The van der Waals surface area contributed by atoms with E-state index in [0.29, 0.717) is 45.5 Å². The fraction of sp³-hybridized carbons (Fsp3) is 0.171. The third-order valence-corrected chi connectivity index (χ3v) is 7.84. The number of amides is 3. The monoisotopic (exact) mass is 641 g/mol. The quantitative estimate of drug-likeness (QED) is 0.116. The van der Waals surface area contributed by atoms with Gasteiger partial charge in [0.05, 0.1) is 39.4 Å². The van der Waals surface area contributed by atoms with Crippen LogP contribution in [0.25, 0.3) is 6.08 Å². The molecule has 0 aliphatic heterocycles. The SMILES string of the molecule is COc1ccc(OC)c(/C=C(\NC(=O)c2ccccc2)C(=O)Nc2ccc(SC(C)C(=O)Nc3cc(OC)ccc3OC)cc2)c1. The number of anilines is 2. The molecule has 0 radical (unpaired) electrons. The van der Waals surface area contributed by atoms with Crippen LogP contribution in [0.5, 0.6) is 23.0 Å². The maximum atomic E-state index is 13.5. The second-order valence-corrected chi connectivity index (χ2v) is 11.2. The maximum Gasteiger partial charge on any atom is 0.272 e. The van der Waals surface area contributed by atoms with Crippen LogP contribution in [0.4, 0.5) is 11.4 Å². The molecule has 0 heterocycles. The van der Waals surface area contributed by atoms with Crippen LogP contribution >= 0.6 is 11.8 Å². The van der Waals surface area contributed by atoms with Crippen molar-refractivity contribution in [2.24, 2.45) is 0 Å². The standard InChI is InChI=1S/C35H35N3O7S/c1-22(33(39)37-29-21-27(43-3)14-18-32(29)45-5)46-28-15-11-25(12-16-28)36-35(41)30(38-34(40)23-9-7-6-8-10-23)20-24-19-26(42-2)13-17-31(24)44-4/h6-22H,1-5H3,(H,36,41)(H,37,39)(H,38,40)/b30-20-. The minimum Gasteiger partial charge on any atom is -0.497 e. The van der Waals surface area contributed by atoms with Gasteiger partial charge >= 0.3 is 0 Å². The summed E-state index contributed by atoms with van der Waals surface area (Å²) in [5.41, 5.74) is 1.92. The topological polar surface area (TPSA) is 124 Å². The van der Waals surface area contributed by atoms with Gasteiger partial charge in [-0.2, -0.15) is 0 Å². The molecule has 4 rings (SSSR count). The first-order chi connectivity index (χ1) is 22.2. The fourth-order valence-electron chi connectivity index (χ4n) is 4.27. The summed E-state index contributed by atoms with van der Waals surface area (Å²) in [6.45, 7) is 1.79. The van der Waals surface area contributed by atoms with E-state index < -0.39 is 17.1 Å². The first kappa shape index (κ1) is 33.5. The Morgan fingerprint density at radius 1 is 0.717 bits per heavy atom. The lowest BCUT2D eigenvalue weighted by Gasteiger charge is -2.15. The van der Waals surface area contributed by atoms with Crippen molar-refractivity contribution in [3.05, 3.63) is 108 Å². The van der Waals surface area contributed by atoms with Crippen LogP contribution in [0.15, 0.2) is 102 Å². The first-order valence-electron chi connectivity index (χ1n) is 14.2. The van der Waals surface area contributed by atoms with Crippen LogP contribution < -0.4 is 34.9 Å². The van der Waals surface area contributed by atoms with E-state index >= 15 is 0 Å². The number of nitrogens with one attached hydrogen (secondary N) is 3. The Morgan fingerprint density at radius 3 is 1.98 bits per heavy atom. The Bertz CT molecular complexity index is 1710. The second-order valence-electron chi connectivity index (χ2n) is 9.78. The summed E-state index contributed by atoms with van der Waals surface area (Å²) in [7, 11) is 6.13. The molecule has 0 aliphatic carbocycles. The normalized spacial score (nSPS) is 11.5. The number of methoxy groups -OCH3 is 4. The Kier molecular flexibility index (Phi) is 11.7. The van der Waals surface area contributed by atoms with Gasteiger partial charge in [-0.25, -0.2) is 0 Å². The molecule has 1 atom stereocenters. The third-order valence-electron chi connectivity index (χ3n) is 6.72. The summed E-state index contributed by atoms with van der Waals surface area (Å²) in [5, 5.41) is 8.00. The molecule has 0 aromatic heterocycles. The number of rotatable bonds is 13. The van der Waals surface area contributed by atoms with Gasteiger partial charge < -0.3 is 34.9 Å². The van der Waals surface area contributed by atoms with Crippen LogP contribution in [0.1, 0.15) is 22.8 Å². The molecule has 0 bridgehead atoms. The van der Waals surface area contributed by atoms with Crippen LogP contribution in [-0.2, 0) is 9.59 Å². The van der Waals surface area contributed by atoms with Crippen LogP contribution in [0.2, 0.25) is 0 Å². The van der Waals surface area contributed by atoms with E-state index in [-0.39, 0.29) is 11.6 Å². The number of hydrogen-bond acceptors (Lipinski definition) is 8. The number of thioether (sulfide) groups is 1. The van der Waals surface area contributed by atoms with Gasteiger partial charge in [0.15, 0.2) is 0 Å². The van der Waals surface area contributed by atoms with Crippen molar-refractivity contribution < 1.29 is 33.3 Å². The van der Waals surface area contributed by atoms with Gasteiger partial charge in [-0.1, -0.05) is 18.2 Å². The Hall–Kier alpha value is -5.42. The van der Waals surface area contributed by atoms with Crippen LogP contribution in [-0.4, -0.2) is 51.4 Å². The van der Waals surface area contributed by atoms with Crippen molar-refractivity contribution in [2.75, 3.05) is 39.1 Å². The molecule has 10 nitrogen and oxygen atoms in total. The van der Waals surface area contributed by atoms with Crippen molar-refractivity contribution in [3.8, 4) is 23.0 Å². The summed E-state index contributed by atoms with van der Waals surface area (Å²) in [6.07, 6.45) is 1.53. The maximum absolute atomic E-state index is 13.5. The smallest absolute Gasteiger partial charge is 0.272 e. The van der Waals surface area contributed by atoms with Crippen LogP contribution in [0.3, 0.4) is 0 Å². The zero-order valence-corrected chi connectivity index (χ0v) is 26.9. The largest absolute Gasteiger partial charge is 0.497 e. The molecule has 3 amide bonds. The van der Waals surface area contributed by atoms with Crippen molar-refractivity contribution in [2.45, 2.75) is 17.1 Å². The van der Waals surface area contributed by atoms with E-state index in [4.69, 9.17) is 18.9 Å². The lowest BCUT2D eigenvalue weighted by atomic mass is 10.1. The molecular formula is C35H35N3O7S. The summed E-state index contributed by atoms with van der Waals surface area (Å²) >= 11 is 1.35. The summed E-state index contributed by atoms with van der Waals surface area (Å²) in [5.74, 6) is 0.943. The van der Waals surface area contributed by atoms with Gasteiger partial charge in [0.1, 0.15) is 28.7 Å². The number of ether oxygens (including phenoxy) is 4. The number of hydrogen-bond donors (Lipinski definition) is 3. The lowest BCUT2D eigenvalue weighted by molar-refractivity contribution is -0.115. The highest BCUT2D eigenvalue weighted by Gasteiger charge is 2.19. The molecule has 0 aliphatic rings. The van der Waals surface area contributed by atoms with Gasteiger partial charge in [-0.05, 0) is 79.7 Å². The molecule has 0 fully saturated rings. The van der Waals surface area contributed by atoms with Gasteiger partial charge in [0, 0.05) is 27.8 Å². The van der Waals surface area contributed by atoms with Crippen molar-refractivity contribution in [3.63, 3.8) is 0 Å². The van der Waals surface area contributed by atoms with Crippen molar-refractivity contribution in [1.82, 2.24) is 5.32 Å². The highest BCUT2D eigenvalue weighted by molar-refractivity contribution is 8.00. The minimum absolute atomic E-state index is 0.00267. The van der Waals surface area contributed by atoms with E-state index in [9.17, 15) is 14.4 Å². The first-order valence-corrected chi connectivity index (χ1v) is 15.0. The molecule has 238 valence electrons. The zero-order chi connectivity index (χ0) is 33.1. The molecule has 0 spiro atoms. The minimum atomic E-state index is -0.547. The molecular weight excluding hydrogens is 606 g/mol. The molecule has 1 unspecified atom stereocenters. The van der Waals surface area contributed by atoms with E-state index in [1.807, 2.05) is 0 Å². The van der Waals surface area contributed by atoms with Crippen molar-refractivity contribution in [1.29, 1.82) is 0 Å². The zero-order valence-electron chi connectivity index (χ0n) is 26.1. The highest BCUT2D eigenvalue weighted by Crippen LogP contribution is 2.31. The van der Waals surface area contributed by atoms with E-state index in [0.717, 1.165) is 4.90 Å². The Morgan fingerprint density at radius 2 is 1.35 bits per heavy atom. The molecule has 11 heteroatoms. The highest BCUT2D eigenvalue weighted by atomic mass is 32.2. The fourth-order valence-corrected chi connectivity index (χ4v) is 5.14. The third kappa shape index (κ3) is 8.82. The number of carbonyl (C=O) groups excluding carboxylic acids is 3. The van der Waals surface area contributed by atoms with E-state index in [1.54, 1.807) is 105 Å². The number of benzene rings is 4. The molecule has 0 saturated heterocycles. The van der Waals surface area contributed by atoms with Gasteiger partial charge in [-0.3, -0.25) is 14.4 Å². The summed E-state index contributed by atoms with van der Waals surface area (Å²) < 4.78 is 21.4. The lowest BCUT2D eigenvalue weighted by Crippen LogP contribution is -2.30. The van der Waals surface area contributed by atoms with E-state index in [1.165, 1.54) is 39.2 Å². The summed E-state index contributed by atoms with van der Waals surface area (Å²) in [6, 6.07) is 25.9. The molecule has 46 heavy (non-hydrogen) atoms. The van der Waals surface area contributed by atoms with Crippen molar-refractivity contribution >= 4 is 46.9 Å². The van der Waals surface area contributed by atoms with E-state index in [2.05, 4.69) is 16.0 Å². The molecule has 0 saturated carbocycles. The Balaban J connectivity index is 1.49. The van der Waals surface area contributed by atoms with Crippen LogP contribution in [0, 0.1) is 0 Å². The summed E-state index contributed by atoms with van der Waals surface area (Å²) in [4.78, 5) is 40.3. The number of carbonyl (C=O) groups is 3. The Labute approximate surface area is 272 Å². The second kappa shape index (κ2) is 16.1. The average molecular weight is 642 g/mol. The molecule has 3 N–H and O–H groups in total. The van der Waals surface area contributed by atoms with Gasteiger partial charge in [-0.15, -0.1) is 11.8 Å². The molecule has 4 aromatic rings. The average Bonchev–Trinajstić information content (AvgIpc) is 3.08. The predicted octanol–water partition coefficient (Wildman–Crippen LogP) is 6.25.